The maximum atomic E-state index is 4.78. The molecular weight excluding hydrogens is 461 g/mol. The number of hydrogen-bond donors (Lipinski definition) is 2. The van der Waals surface area contributed by atoms with E-state index in [1.165, 1.54) is 63.2 Å². The van der Waals surface area contributed by atoms with Gasteiger partial charge in [-0.3, -0.25) is 0 Å². The van der Waals surface area contributed by atoms with Crippen LogP contribution in [0.25, 0.3) is 0 Å². The molecule has 1 aromatic rings. The molecule has 0 saturated carbocycles. The Morgan fingerprint density at radius 2 is 1.61 bits per heavy atom. The monoisotopic (exact) mass is 501 g/mol. The van der Waals surface area contributed by atoms with Gasteiger partial charge in [0.1, 0.15) is 0 Å². The van der Waals surface area contributed by atoms with E-state index >= 15 is 0 Å². The first-order valence-electron chi connectivity index (χ1n) is 10.8. The first-order valence-corrected chi connectivity index (χ1v) is 10.8. The Labute approximate surface area is 189 Å². The topological polar surface area (TPSA) is 42.9 Å². The molecule has 5 nitrogen and oxygen atoms in total. The van der Waals surface area contributed by atoms with Crippen molar-refractivity contribution < 1.29 is 0 Å². The van der Waals surface area contributed by atoms with E-state index in [4.69, 9.17) is 4.99 Å². The Morgan fingerprint density at radius 1 is 0.929 bits per heavy atom. The van der Waals surface area contributed by atoms with Crippen molar-refractivity contribution in [1.29, 1.82) is 0 Å². The zero-order valence-corrected chi connectivity index (χ0v) is 20.4. The van der Waals surface area contributed by atoms with Crippen LogP contribution in [0.3, 0.4) is 0 Å². The maximum absolute atomic E-state index is 4.78. The summed E-state index contributed by atoms with van der Waals surface area (Å²) in [6, 6.07) is 8.60. The van der Waals surface area contributed by atoms with Gasteiger partial charge in [0.2, 0.25) is 0 Å². The second-order valence-electron chi connectivity index (χ2n) is 7.23. The van der Waals surface area contributed by atoms with E-state index in [2.05, 4.69) is 65.5 Å². The third-order valence-corrected chi connectivity index (χ3v) is 5.36. The number of nitrogens with zero attached hydrogens (tertiary/aromatic N) is 3. The average Bonchev–Trinajstić information content (AvgIpc) is 2.72. The van der Waals surface area contributed by atoms with Crippen molar-refractivity contribution in [3.63, 3.8) is 0 Å². The summed E-state index contributed by atoms with van der Waals surface area (Å²) in [4.78, 5) is 9.92. The number of aryl methyl sites for hydroxylation is 1. The highest BCUT2D eigenvalue weighted by Gasteiger charge is 2.14. The fourth-order valence-corrected chi connectivity index (χ4v) is 3.56. The van der Waals surface area contributed by atoms with Crippen LogP contribution in [-0.4, -0.2) is 68.1 Å². The third-order valence-electron chi connectivity index (χ3n) is 5.36. The molecule has 28 heavy (non-hydrogen) atoms. The molecule has 1 aromatic carbocycles. The summed E-state index contributed by atoms with van der Waals surface area (Å²) in [5, 5.41) is 6.86. The molecule has 0 unspecified atom stereocenters. The van der Waals surface area contributed by atoms with Crippen molar-refractivity contribution in [1.82, 2.24) is 20.4 Å². The highest BCUT2D eigenvalue weighted by atomic mass is 127. The van der Waals surface area contributed by atoms with E-state index in [0.717, 1.165) is 32.0 Å². The maximum Gasteiger partial charge on any atom is 0.191 e. The Bertz CT molecular complexity index is 556. The number of aliphatic imine (C=N–C) groups is 1. The molecule has 1 aliphatic heterocycles. The van der Waals surface area contributed by atoms with Gasteiger partial charge in [0, 0.05) is 39.3 Å². The van der Waals surface area contributed by atoms with Crippen molar-refractivity contribution in [2.45, 2.75) is 46.6 Å². The molecule has 6 heteroatoms. The van der Waals surface area contributed by atoms with Gasteiger partial charge < -0.3 is 20.4 Å². The molecule has 0 spiro atoms. The number of nitrogens with one attached hydrogen (secondary N) is 2. The molecule has 1 heterocycles. The van der Waals surface area contributed by atoms with Crippen LogP contribution in [0.5, 0.6) is 0 Å². The number of piperazine rings is 1. The van der Waals surface area contributed by atoms with Gasteiger partial charge in [-0.1, -0.05) is 38.1 Å². The number of likely N-dealkylation sites (N-methyl/N-ethyl adjacent to an activating group) is 1. The lowest BCUT2D eigenvalue weighted by Crippen LogP contribution is -2.46. The lowest BCUT2D eigenvalue weighted by molar-refractivity contribution is 0.136. The van der Waals surface area contributed by atoms with Gasteiger partial charge in [-0.15, -0.1) is 24.0 Å². The van der Waals surface area contributed by atoms with Crippen molar-refractivity contribution in [2.24, 2.45) is 4.99 Å². The van der Waals surface area contributed by atoms with Crippen molar-refractivity contribution >= 4 is 29.9 Å². The second kappa shape index (κ2) is 15.0. The molecule has 0 amide bonds. The number of hydrogen-bond acceptors (Lipinski definition) is 3. The molecule has 1 aliphatic rings. The largest absolute Gasteiger partial charge is 0.357 e. The summed E-state index contributed by atoms with van der Waals surface area (Å²) < 4.78 is 0. The van der Waals surface area contributed by atoms with Gasteiger partial charge in [0.05, 0.1) is 6.54 Å². The molecule has 1 saturated heterocycles. The quantitative estimate of drug-likeness (QED) is 0.224. The van der Waals surface area contributed by atoms with E-state index in [1.807, 2.05) is 0 Å². The standard InChI is InChI=1S/C22H39N5.HI/c1-4-20-11-7-8-12-21(20)19-25-22(23-5-2)24-13-9-10-14-27-17-15-26(6-3)16-18-27;/h7-8,11-12H,4-6,9-10,13-19H2,1-3H3,(H2,23,24,25);1H. The smallest absolute Gasteiger partial charge is 0.191 e. The molecule has 0 aliphatic carbocycles. The summed E-state index contributed by atoms with van der Waals surface area (Å²) in [6.07, 6.45) is 3.49. The minimum Gasteiger partial charge on any atom is -0.357 e. The van der Waals surface area contributed by atoms with Crippen LogP contribution in [-0.2, 0) is 13.0 Å². The van der Waals surface area contributed by atoms with Gasteiger partial charge >= 0.3 is 0 Å². The number of benzene rings is 1. The van der Waals surface area contributed by atoms with Crippen molar-refractivity contribution in [3.8, 4) is 0 Å². The van der Waals surface area contributed by atoms with Crippen LogP contribution < -0.4 is 10.6 Å². The van der Waals surface area contributed by atoms with Gasteiger partial charge in [0.25, 0.3) is 0 Å². The molecule has 0 aromatic heterocycles. The molecule has 160 valence electrons. The van der Waals surface area contributed by atoms with Gasteiger partial charge in [-0.2, -0.15) is 0 Å². The van der Waals surface area contributed by atoms with Gasteiger partial charge in [0.15, 0.2) is 5.96 Å². The molecule has 2 N–H and O–H groups in total. The number of halogens is 1. The van der Waals surface area contributed by atoms with Crippen LogP contribution >= 0.6 is 24.0 Å². The lowest BCUT2D eigenvalue weighted by atomic mass is 10.1. The van der Waals surface area contributed by atoms with E-state index in [0.29, 0.717) is 0 Å². The van der Waals surface area contributed by atoms with E-state index < -0.39 is 0 Å². The van der Waals surface area contributed by atoms with Crippen molar-refractivity contribution in [2.75, 3.05) is 52.4 Å². The van der Waals surface area contributed by atoms with Gasteiger partial charge in [-0.05, 0) is 50.4 Å². The zero-order chi connectivity index (χ0) is 19.3. The van der Waals surface area contributed by atoms with Crippen LogP contribution in [0, 0.1) is 0 Å². The Balaban J connectivity index is 0.00000392. The predicted molar refractivity (Wildman–Crippen MR) is 132 cm³/mol. The summed E-state index contributed by atoms with van der Waals surface area (Å²) in [5.74, 6) is 0.931. The zero-order valence-electron chi connectivity index (χ0n) is 18.0. The second-order valence-corrected chi connectivity index (χ2v) is 7.23. The Hall–Kier alpha value is -0.860. The highest BCUT2D eigenvalue weighted by Crippen LogP contribution is 2.10. The van der Waals surface area contributed by atoms with E-state index in [9.17, 15) is 0 Å². The fraction of sp³-hybridized carbons (Fsp3) is 0.682. The predicted octanol–water partition coefficient (Wildman–Crippen LogP) is 3.34. The first kappa shape index (κ1) is 25.2. The van der Waals surface area contributed by atoms with Crippen LogP contribution in [0.4, 0.5) is 0 Å². The summed E-state index contributed by atoms with van der Waals surface area (Å²) in [5.41, 5.74) is 2.71. The third kappa shape index (κ3) is 9.09. The normalized spacial score (nSPS) is 15.9. The molecule has 0 bridgehead atoms. The van der Waals surface area contributed by atoms with E-state index in [-0.39, 0.29) is 24.0 Å². The highest BCUT2D eigenvalue weighted by molar-refractivity contribution is 14.0. The number of rotatable bonds is 10. The number of unbranched alkanes of at least 4 members (excludes halogenated alkanes) is 1. The fourth-order valence-electron chi connectivity index (χ4n) is 3.56. The molecule has 0 atom stereocenters. The molecular formula is C22H40IN5. The Morgan fingerprint density at radius 3 is 2.25 bits per heavy atom. The summed E-state index contributed by atoms with van der Waals surface area (Å²) in [6.45, 7) is 16.5. The van der Waals surface area contributed by atoms with Crippen LogP contribution in [0.2, 0.25) is 0 Å². The van der Waals surface area contributed by atoms with E-state index in [1.54, 1.807) is 0 Å². The first-order chi connectivity index (χ1) is 13.3. The molecule has 0 radical (unpaired) electrons. The SMILES string of the molecule is CCNC(=NCc1ccccc1CC)NCCCCN1CCN(CC)CC1.I. The summed E-state index contributed by atoms with van der Waals surface area (Å²) >= 11 is 0. The van der Waals surface area contributed by atoms with Crippen LogP contribution in [0.15, 0.2) is 29.3 Å². The Kier molecular flexibility index (Phi) is 13.5. The molecule has 2 rings (SSSR count). The molecule has 1 fully saturated rings. The van der Waals surface area contributed by atoms with Crippen LogP contribution in [0.1, 0.15) is 44.7 Å². The minimum atomic E-state index is 0. The van der Waals surface area contributed by atoms with Gasteiger partial charge in [-0.25, -0.2) is 4.99 Å². The van der Waals surface area contributed by atoms with Crippen molar-refractivity contribution in [3.05, 3.63) is 35.4 Å². The average molecular weight is 502 g/mol. The number of guanidine groups is 1. The lowest BCUT2D eigenvalue weighted by Gasteiger charge is -2.34. The summed E-state index contributed by atoms with van der Waals surface area (Å²) in [7, 11) is 0. The minimum absolute atomic E-state index is 0.